The van der Waals surface area contributed by atoms with Crippen molar-refractivity contribution in [1.29, 1.82) is 0 Å². The van der Waals surface area contributed by atoms with Gasteiger partial charge in [0.1, 0.15) is 0 Å². The third kappa shape index (κ3) is 5.58. The highest BCUT2D eigenvalue weighted by atomic mass is 32.1. The van der Waals surface area contributed by atoms with Crippen LogP contribution < -0.4 is 0 Å². The molecular formula is C45H29N3S. The number of nitrogens with zero attached hydrogens (tertiary/aromatic N) is 3. The summed E-state index contributed by atoms with van der Waals surface area (Å²) in [5.74, 6) is 0.479. The van der Waals surface area contributed by atoms with Gasteiger partial charge in [-0.3, -0.25) is 0 Å². The maximum atomic E-state index is 9.57. The largest absolute Gasteiger partial charge is 0.208 e. The molecule has 2 heterocycles. The maximum absolute atomic E-state index is 9.57. The minimum Gasteiger partial charge on any atom is -0.208 e. The van der Waals surface area contributed by atoms with E-state index in [1.54, 1.807) is 0 Å². The number of rotatable bonds is 6. The number of benzene rings is 7. The van der Waals surface area contributed by atoms with Crippen LogP contribution in [0, 0.1) is 0 Å². The smallest absolute Gasteiger partial charge is 0.164 e. The first-order valence-corrected chi connectivity index (χ1v) is 16.3. The van der Waals surface area contributed by atoms with Crippen LogP contribution in [0.25, 0.3) is 87.7 Å². The second-order valence-corrected chi connectivity index (χ2v) is 12.2. The molecule has 0 fully saturated rings. The van der Waals surface area contributed by atoms with E-state index in [2.05, 4.69) is 0 Å². The minimum absolute atomic E-state index is 0.00730. The Morgan fingerprint density at radius 2 is 0.898 bits per heavy atom. The van der Waals surface area contributed by atoms with E-state index in [9.17, 15) is 4.11 Å². The SMILES string of the molecule is [2H]c1c([2H])c([2H])c(-c2c([2H])c([2H])c([2H])c3sc4c([2H])c(-c5nc(-c6ccc(-c7ccccc7)cc6)nc(-c6ccc(-c7ccccc7)cc6)n5)c([2H])c([2H])c4c23)c([2H])c1[2H]. The van der Waals surface area contributed by atoms with E-state index in [0.29, 0.717) is 11.1 Å². The van der Waals surface area contributed by atoms with E-state index >= 15 is 0 Å². The minimum atomic E-state index is -0.652. The molecule has 0 unspecified atom stereocenters. The third-order valence-corrected chi connectivity index (χ3v) is 9.20. The fourth-order valence-corrected chi connectivity index (χ4v) is 6.77. The molecule has 0 aliphatic rings. The normalized spacial score (nSPS) is 14.4. The van der Waals surface area contributed by atoms with E-state index < -0.39 is 54.4 Å². The molecule has 7 aromatic carbocycles. The van der Waals surface area contributed by atoms with Crippen LogP contribution in [-0.2, 0) is 0 Å². The summed E-state index contributed by atoms with van der Waals surface area (Å²) in [5.41, 5.74) is 4.59. The molecule has 0 saturated carbocycles. The van der Waals surface area contributed by atoms with Gasteiger partial charge in [0.2, 0.25) is 0 Å². The lowest BCUT2D eigenvalue weighted by molar-refractivity contribution is 1.07. The molecule has 0 aliphatic heterocycles. The second-order valence-electron chi connectivity index (χ2n) is 11.2. The van der Waals surface area contributed by atoms with Crippen LogP contribution in [0.4, 0.5) is 0 Å². The molecule has 0 amide bonds. The van der Waals surface area contributed by atoms with E-state index in [1.807, 2.05) is 109 Å². The molecule has 0 bridgehead atoms. The molecule has 0 aliphatic carbocycles. The van der Waals surface area contributed by atoms with Crippen molar-refractivity contribution in [3.8, 4) is 67.5 Å². The second kappa shape index (κ2) is 12.4. The van der Waals surface area contributed by atoms with Crippen LogP contribution in [0.2, 0.25) is 0 Å². The van der Waals surface area contributed by atoms with Gasteiger partial charge in [-0.2, -0.15) is 0 Å². The van der Waals surface area contributed by atoms with Gasteiger partial charge >= 0.3 is 0 Å². The highest BCUT2D eigenvalue weighted by molar-refractivity contribution is 7.26. The van der Waals surface area contributed by atoms with Gasteiger partial charge in [-0.05, 0) is 45.5 Å². The summed E-state index contributed by atoms with van der Waals surface area (Å²) in [6.45, 7) is 0. The lowest BCUT2D eigenvalue weighted by atomic mass is 9.99. The molecule has 3 nitrogen and oxygen atoms in total. The van der Waals surface area contributed by atoms with E-state index in [1.165, 1.54) is 0 Å². The number of fused-ring (bicyclic) bond motifs is 3. The van der Waals surface area contributed by atoms with Gasteiger partial charge in [0.05, 0.1) is 15.1 Å². The van der Waals surface area contributed by atoms with E-state index in [0.717, 1.165) is 33.6 Å². The fourth-order valence-electron chi connectivity index (χ4n) is 5.75. The Labute approximate surface area is 304 Å². The lowest BCUT2D eigenvalue weighted by Gasteiger charge is -2.10. The summed E-state index contributed by atoms with van der Waals surface area (Å²) >= 11 is 0.896. The van der Waals surface area contributed by atoms with Gasteiger partial charge in [-0.25, -0.2) is 15.0 Å². The van der Waals surface area contributed by atoms with Crippen LogP contribution in [0.3, 0.4) is 0 Å². The Morgan fingerprint density at radius 3 is 1.47 bits per heavy atom. The van der Waals surface area contributed by atoms with Gasteiger partial charge in [-0.15, -0.1) is 11.3 Å². The lowest BCUT2D eigenvalue weighted by Crippen LogP contribution is -2.00. The molecule has 0 atom stereocenters. The van der Waals surface area contributed by atoms with E-state index in [-0.39, 0.29) is 66.4 Å². The highest BCUT2D eigenvalue weighted by Crippen LogP contribution is 2.41. The van der Waals surface area contributed by atoms with Crippen LogP contribution >= 0.6 is 11.3 Å². The molecule has 230 valence electrons. The number of hydrogen-bond donors (Lipinski definition) is 0. The molecule has 0 saturated heterocycles. The van der Waals surface area contributed by atoms with Crippen molar-refractivity contribution >= 4 is 31.5 Å². The van der Waals surface area contributed by atoms with Crippen LogP contribution in [0.1, 0.15) is 15.1 Å². The Hall–Kier alpha value is -6.23. The molecule has 0 N–H and O–H groups in total. The molecule has 4 heteroatoms. The summed E-state index contributed by atoms with van der Waals surface area (Å²) in [4.78, 5) is 14.5. The Kier molecular flexibility index (Phi) is 4.96. The van der Waals surface area contributed by atoms with Crippen molar-refractivity contribution in [2.24, 2.45) is 0 Å². The average molecular weight is 655 g/mol. The topological polar surface area (TPSA) is 38.7 Å². The molecule has 0 radical (unpaired) electrons. The van der Waals surface area contributed by atoms with Gasteiger partial charge < -0.3 is 0 Å². The highest BCUT2D eigenvalue weighted by Gasteiger charge is 2.16. The Bertz CT molecular complexity index is 3060. The summed E-state index contributed by atoms with van der Waals surface area (Å²) in [7, 11) is 0. The number of thiophene rings is 1. The maximum Gasteiger partial charge on any atom is 0.164 e. The average Bonchev–Trinajstić information content (AvgIpc) is 3.69. The molecule has 2 aromatic heterocycles. The first-order valence-electron chi connectivity index (χ1n) is 21.0. The zero-order valence-corrected chi connectivity index (χ0v) is 26.5. The van der Waals surface area contributed by atoms with E-state index in [4.69, 9.17) is 25.9 Å². The summed E-state index contributed by atoms with van der Waals surface area (Å²) in [6, 6.07) is 29.3. The van der Waals surface area contributed by atoms with Crippen molar-refractivity contribution in [3.63, 3.8) is 0 Å². The first kappa shape index (κ1) is 19.6. The Morgan fingerprint density at radius 1 is 0.388 bits per heavy atom. The van der Waals surface area contributed by atoms with Crippen molar-refractivity contribution in [2.45, 2.75) is 0 Å². The van der Waals surface area contributed by atoms with Crippen molar-refractivity contribution in [1.82, 2.24) is 15.0 Å². The molecule has 9 rings (SSSR count). The predicted molar refractivity (Wildman–Crippen MR) is 205 cm³/mol. The fraction of sp³-hybridized carbons (Fsp3) is 0. The van der Waals surface area contributed by atoms with Gasteiger partial charge in [-0.1, -0.05) is 164 Å². The summed E-state index contributed by atoms with van der Waals surface area (Å²) < 4.78 is 97.1. The van der Waals surface area contributed by atoms with Gasteiger partial charge in [0.25, 0.3) is 0 Å². The summed E-state index contributed by atoms with van der Waals surface area (Å²) in [6.07, 6.45) is 0. The third-order valence-electron chi connectivity index (χ3n) is 8.18. The monoisotopic (exact) mass is 654 g/mol. The van der Waals surface area contributed by atoms with Crippen molar-refractivity contribution < 1.29 is 15.1 Å². The summed E-state index contributed by atoms with van der Waals surface area (Å²) in [5, 5.41) is -0.0211. The van der Waals surface area contributed by atoms with Gasteiger partial charge in [0, 0.05) is 36.9 Å². The van der Waals surface area contributed by atoms with Crippen LogP contribution in [-0.4, -0.2) is 15.0 Å². The predicted octanol–water partition coefficient (Wildman–Crippen LogP) is 12.2. The van der Waals surface area contributed by atoms with Crippen molar-refractivity contribution in [3.05, 3.63) is 176 Å². The zero-order chi connectivity index (χ0) is 42.1. The standard InChI is InChI=1S/C45H29N3S/c1-4-11-30(12-5-1)32-19-23-35(24-20-32)43-46-44(36-25-21-33(22-26-36)31-13-6-2-7-14-31)48-45(47-43)37-27-28-39-41(29-37)49-40-18-10-17-38(42(39)40)34-15-8-3-9-16-34/h1-29H/i3D,8D,9D,10D,15D,16D,17D,18D,27D,28D,29D. The molecule has 49 heavy (non-hydrogen) atoms. The first-order chi connectivity index (χ1) is 28.8. The number of aromatic nitrogens is 3. The number of hydrogen-bond acceptors (Lipinski definition) is 4. The van der Waals surface area contributed by atoms with Crippen LogP contribution in [0.15, 0.2) is 176 Å². The molecular weight excluding hydrogens is 615 g/mol. The van der Waals surface area contributed by atoms with Crippen molar-refractivity contribution in [2.75, 3.05) is 0 Å². The Balaban J connectivity index is 1.29. The zero-order valence-electron chi connectivity index (χ0n) is 36.6. The van der Waals surface area contributed by atoms with Crippen LogP contribution in [0.5, 0.6) is 0 Å². The molecule has 9 aromatic rings. The molecule has 0 spiro atoms. The van der Waals surface area contributed by atoms with Gasteiger partial charge in [0.15, 0.2) is 17.5 Å². The quantitative estimate of drug-likeness (QED) is 0.179.